The number of nitrogens with one attached hydrogen (secondary N) is 1. The van der Waals surface area contributed by atoms with Crippen molar-refractivity contribution in [1.82, 2.24) is 30.0 Å². The van der Waals surface area contributed by atoms with Gasteiger partial charge in [-0.3, -0.25) is 14.3 Å². The van der Waals surface area contributed by atoms with Gasteiger partial charge in [0.05, 0.1) is 6.20 Å². The topological polar surface area (TPSA) is 98.7 Å². The molecule has 1 atom stereocenters. The number of imidazole rings is 1. The van der Waals surface area contributed by atoms with Crippen LogP contribution in [0.4, 0.5) is 4.39 Å². The Morgan fingerprint density at radius 3 is 2.62 bits per heavy atom. The largest absolute Gasteiger partial charge is 0.339 e. The number of nitrogens with zero attached hydrogens (tertiary/aromatic N) is 5. The van der Waals surface area contributed by atoms with Crippen molar-refractivity contribution in [2.75, 3.05) is 6.26 Å². The quantitative estimate of drug-likeness (QED) is 0.417. The molecule has 0 aliphatic heterocycles. The predicted octanol–water partition coefficient (Wildman–Crippen LogP) is 4.31. The molecule has 1 unspecified atom stereocenters. The third kappa shape index (κ3) is 4.40. The zero-order valence-corrected chi connectivity index (χ0v) is 18.5. The van der Waals surface area contributed by atoms with Gasteiger partial charge in [-0.1, -0.05) is 30.8 Å². The molecule has 0 bridgehead atoms. The molecule has 1 aromatic carbocycles. The van der Waals surface area contributed by atoms with Crippen LogP contribution in [0.5, 0.6) is 0 Å². The minimum absolute atomic E-state index is 0.0247. The molecule has 8 nitrogen and oxygen atoms in total. The fourth-order valence-corrected chi connectivity index (χ4v) is 3.73. The summed E-state index contributed by atoms with van der Waals surface area (Å²) in [4.78, 5) is 26.1. The molecule has 1 amide bonds. The zero-order valence-electron chi connectivity index (χ0n) is 17.7. The van der Waals surface area contributed by atoms with Gasteiger partial charge >= 0.3 is 0 Å². The Bertz CT molecular complexity index is 1210. The SMILES string of the molecule is CSc1ncc(C(=O)NC(c2nc(-c3cccnc3)no2)C(C)C)n1-c1ccc(F)cc1. The molecule has 0 spiro atoms. The number of rotatable bonds is 7. The number of hydrogen-bond acceptors (Lipinski definition) is 7. The molecule has 3 aromatic heterocycles. The Morgan fingerprint density at radius 1 is 1.19 bits per heavy atom. The van der Waals surface area contributed by atoms with Crippen molar-refractivity contribution in [3.63, 3.8) is 0 Å². The third-order valence-corrected chi connectivity index (χ3v) is 5.46. The van der Waals surface area contributed by atoms with Crippen LogP contribution in [0.3, 0.4) is 0 Å². The number of benzene rings is 1. The van der Waals surface area contributed by atoms with E-state index in [-0.39, 0.29) is 17.6 Å². The molecule has 0 aliphatic rings. The molecule has 1 N–H and O–H groups in total. The van der Waals surface area contributed by atoms with E-state index >= 15 is 0 Å². The first-order valence-electron chi connectivity index (χ1n) is 9.90. The van der Waals surface area contributed by atoms with Gasteiger partial charge in [-0.15, -0.1) is 0 Å². The molecule has 0 saturated heterocycles. The number of thioether (sulfide) groups is 1. The Morgan fingerprint density at radius 2 is 1.97 bits per heavy atom. The van der Waals surface area contributed by atoms with Crippen molar-refractivity contribution >= 4 is 17.7 Å². The number of carbonyl (C=O) groups excluding carboxylic acids is 1. The fraction of sp³-hybridized carbons (Fsp3) is 0.227. The van der Waals surface area contributed by atoms with Crippen LogP contribution in [0.25, 0.3) is 17.1 Å². The number of carbonyl (C=O) groups is 1. The molecule has 0 saturated carbocycles. The lowest BCUT2D eigenvalue weighted by molar-refractivity contribution is 0.0906. The Labute approximate surface area is 188 Å². The average Bonchev–Trinajstić information content (AvgIpc) is 3.46. The highest BCUT2D eigenvalue weighted by Crippen LogP contribution is 2.26. The molecule has 3 heterocycles. The van der Waals surface area contributed by atoms with E-state index in [1.165, 1.54) is 30.1 Å². The van der Waals surface area contributed by atoms with E-state index in [1.807, 2.05) is 26.2 Å². The summed E-state index contributed by atoms with van der Waals surface area (Å²) in [5.41, 5.74) is 1.67. The zero-order chi connectivity index (χ0) is 22.7. The third-order valence-electron chi connectivity index (χ3n) is 4.81. The van der Waals surface area contributed by atoms with E-state index in [9.17, 15) is 9.18 Å². The summed E-state index contributed by atoms with van der Waals surface area (Å²) in [6, 6.07) is 8.99. The smallest absolute Gasteiger partial charge is 0.270 e. The molecular weight excluding hydrogens is 431 g/mol. The Hall–Kier alpha value is -3.53. The summed E-state index contributed by atoms with van der Waals surface area (Å²) >= 11 is 1.39. The Balaban J connectivity index is 1.63. The Kier molecular flexibility index (Phi) is 6.31. The highest BCUT2D eigenvalue weighted by molar-refractivity contribution is 7.98. The summed E-state index contributed by atoms with van der Waals surface area (Å²) < 4.78 is 20.6. The summed E-state index contributed by atoms with van der Waals surface area (Å²) in [6.07, 6.45) is 6.66. The predicted molar refractivity (Wildman–Crippen MR) is 118 cm³/mol. The number of halogens is 1. The minimum Gasteiger partial charge on any atom is -0.339 e. The van der Waals surface area contributed by atoms with Crippen LogP contribution in [0.15, 0.2) is 64.7 Å². The van der Waals surface area contributed by atoms with E-state index in [2.05, 4.69) is 25.4 Å². The number of amides is 1. The van der Waals surface area contributed by atoms with Crippen molar-refractivity contribution < 1.29 is 13.7 Å². The second kappa shape index (κ2) is 9.31. The fourth-order valence-electron chi connectivity index (χ4n) is 3.18. The maximum atomic E-state index is 13.4. The van der Waals surface area contributed by atoms with Gasteiger partial charge in [0, 0.05) is 23.6 Å². The van der Waals surface area contributed by atoms with E-state index in [1.54, 1.807) is 35.2 Å². The average molecular weight is 453 g/mol. The van der Waals surface area contributed by atoms with Gasteiger partial charge in [-0.05, 0) is 48.6 Å². The van der Waals surface area contributed by atoms with Crippen molar-refractivity contribution in [1.29, 1.82) is 0 Å². The summed E-state index contributed by atoms with van der Waals surface area (Å²) in [6.45, 7) is 3.90. The van der Waals surface area contributed by atoms with Crippen molar-refractivity contribution in [3.05, 3.63) is 72.4 Å². The summed E-state index contributed by atoms with van der Waals surface area (Å²) in [5.74, 6) is -0.0456. The van der Waals surface area contributed by atoms with Crippen LogP contribution in [-0.2, 0) is 0 Å². The number of hydrogen-bond donors (Lipinski definition) is 1. The molecule has 164 valence electrons. The van der Waals surface area contributed by atoms with Crippen LogP contribution < -0.4 is 5.32 Å². The van der Waals surface area contributed by atoms with Gasteiger partial charge in [-0.2, -0.15) is 4.98 Å². The molecule has 0 fully saturated rings. The van der Waals surface area contributed by atoms with Crippen molar-refractivity contribution in [3.8, 4) is 17.1 Å². The van der Waals surface area contributed by atoms with Gasteiger partial charge in [0.25, 0.3) is 5.91 Å². The molecule has 0 aliphatic carbocycles. The molecule has 10 heteroatoms. The summed E-state index contributed by atoms with van der Waals surface area (Å²) in [7, 11) is 0. The van der Waals surface area contributed by atoms with E-state index in [0.717, 1.165) is 5.56 Å². The lowest BCUT2D eigenvalue weighted by Crippen LogP contribution is -2.33. The first-order chi connectivity index (χ1) is 15.5. The van der Waals surface area contributed by atoms with Crippen LogP contribution in [0.2, 0.25) is 0 Å². The highest BCUT2D eigenvalue weighted by atomic mass is 32.2. The molecular formula is C22H21FN6O2S. The van der Waals surface area contributed by atoms with E-state index in [0.29, 0.717) is 28.3 Å². The van der Waals surface area contributed by atoms with Gasteiger partial charge in [-0.25, -0.2) is 9.37 Å². The second-order valence-electron chi connectivity index (χ2n) is 7.34. The van der Waals surface area contributed by atoms with Crippen LogP contribution >= 0.6 is 11.8 Å². The van der Waals surface area contributed by atoms with Gasteiger partial charge in [0.1, 0.15) is 17.6 Å². The van der Waals surface area contributed by atoms with Crippen molar-refractivity contribution in [2.45, 2.75) is 25.0 Å². The second-order valence-corrected chi connectivity index (χ2v) is 8.11. The van der Waals surface area contributed by atoms with Gasteiger partial charge in [0.15, 0.2) is 5.16 Å². The lowest BCUT2D eigenvalue weighted by Gasteiger charge is -2.19. The molecule has 0 radical (unpaired) electrons. The first-order valence-corrected chi connectivity index (χ1v) is 11.1. The van der Waals surface area contributed by atoms with E-state index in [4.69, 9.17) is 4.52 Å². The van der Waals surface area contributed by atoms with Crippen LogP contribution in [0, 0.1) is 11.7 Å². The van der Waals surface area contributed by atoms with Crippen LogP contribution in [-0.4, -0.2) is 36.8 Å². The number of aromatic nitrogens is 5. The standard InChI is InChI=1S/C22H21FN6O2S/c1-13(2)18(21-27-19(28-31-21)14-5-4-10-24-11-14)26-20(30)17-12-25-22(32-3)29(17)16-8-6-15(23)7-9-16/h4-13,18H,1-3H3,(H,26,30). The maximum Gasteiger partial charge on any atom is 0.270 e. The maximum absolute atomic E-state index is 13.4. The minimum atomic E-state index is -0.519. The first kappa shape index (κ1) is 21.7. The summed E-state index contributed by atoms with van der Waals surface area (Å²) in [5, 5.41) is 7.62. The lowest BCUT2D eigenvalue weighted by atomic mass is 10.0. The van der Waals surface area contributed by atoms with Gasteiger partial charge < -0.3 is 9.84 Å². The molecule has 32 heavy (non-hydrogen) atoms. The molecule has 4 rings (SSSR count). The van der Waals surface area contributed by atoms with Crippen molar-refractivity contribution in [2.24, 2.45) is 5.92 Å². The normalized spacial score (nSPS) is 12.2. The molecule has 4 aromatic rings. The number of pyridine rings is 1. The van der Waals surface area contributed by atoms with E-state index < -0.39 is 6.04 Å². The monoisotopic (exact) mass is 452 g/mol. The highest BCUT2D eigenvalue weighted by Gasteiger charge is 2.27. The van der Waals surface area contributed by atoms with Gasteiger partial charge in [0.2, 0.25) is 11.7 Å². The van der Waals surface area contributed by atoms with Crippen LogP contribution in [0.1, 0.15) is 36.3 Å².